The summed E-state index contributed by atoms with van der Waals surface area (Å²) in [5, 5.41) is 3.28. The Morgan fingerprint density at radius 2 is 1.79 bits per heavy atom. The molecule has 34 heavy (non-hydrogen) atoms. The second-order valence-corrected chi connectivity index (χ2v) is 10.7. The van der Waals surface area contributed by atoms with Crippen LogP contribution in [0.3, 0.4) is 0 Å². The van der Waals surface area contributed by atoms with Crippen molar-refractivity contribution in [2.24, 2.45) is 0 Å². The molecule has 7 nitrogen and oxygen atoms in total. The first-order valence-electron chi connectivity index (χ1n) is 11.4. The molecule has 1 N–H and O–H groups in total. The third-order valence-electron chi connectivity index (χ3n) is 5.44. The molecular formula is C25H34ClN3O4S. The maximum Gasteiger partial charge on any atom is 0.242 e. The summed E-state index contributed by atoms with van der Waals surface area (Å²) in [6.45, 7) is 6.63. The Kier molecular flexibility index (Phi) is 10.4. The van der Waals surface area contributed by atoms with Gasteiger partial charge in [-0.25, -0.2) is 8.42 Å². The van der Waals surface area contributed by atoms with Crippen molar-refractivity contribution in [3.63, 3.8) is 0 Å². The Hall–Kier alpha value is -2.58. The number of hydrogen-bond donors (Lipinski definition) is 1. The van der Waals surface area contributed by atoms with E-state index in [-0.39, 0.29) is 24.8 Å². The first-order valence-corrected chi connectivity index (χ1v) is 13.6. The molecule has 0 saturated heterocycles. The van der Waals surface area contributed by atoms with Gasteiger partial charge >= 0.3 is 0 Å². The van der Waals surface area contributed by atoms with Crippen LogP contribution in [0.1, 0.15) is 44.2 Å². The molecule has 2 amide bonds. The molecular weight excluding hydrogens is 474 g/mol. The molecule has 0 aliphatic carbocycles. The normalized spacial score (nSPS) is 12.1. The zero-order valence-corrected chi connectivity index (χ0v) is 21.8. The van der Waals surface area contributed by atoms with E-state index in [9.17, 15) is 18.0 Å². The number of nitrogens with zero attached hydrogens (tertiary/aromatic N) is 2. The van der Waals surface area contributed by atoms with Crippen molar-refractivity contribution in [1.82, 2.24) is 10.2 Å². The maximum absolute atomic E-state index is 13.2. The zero-order valence-electron chi connectivity index (χ0n) is 20.3. The zero-order chi connectivity index (χ0) is 25.3. The van der Waals surface area contributed by atoms with E-state index >= 15 is 0 Å². The van der Waals surface area contributed by atoms with Crippen molar-refractivity contribution in [2.45, 2.75) is 52.6 Å². The third kappa shape index (κ3) is 8.33. The standard InChI is InChI=1S/C25H34ClN3O4S/c1-5-15-27-25(31)20(3)28(18-21-13-11-19(2)12-14-21)24(30)10-7-16-29(34(4,32)33)23-9-6-8-22(26)17-23/h6,8-9,11-14,17,20H,5,7,10,15-16,18H2,1-4H3,(H,27,31)/t20-/m0/s1. The van der Waals surface area contributed by atoms with Crippen LogP contribution in [0.2, 0.25) is 5.02 Å². The lowest BCUT2D eigenvalue weighted by molar-refractivity contribution is -0.140. The number of aryl methyl sites for hydroxylation is 1. The molecule has 2 aromatic rings. The molecule has 0 spiro atoms. The summed E-state index contributed by atoms with van der Waals surface area (Å²) < 4.78 is 26.0. The lowest BCUT2D eigenvalue weighted by Gasteiger charge is -2.29. The first-order chi connectivity index (χ1) is 16.0. The van der Waals surface area contributed by atoms with E-state index < -0.39 is 16.1 Å². The highest BCUT2D eigenvalue weighted by Crippen LogP contribution is 2.22. The number of anilines is 1. The average Bonchev–Trinajstić information content (AvgIpc) is 2.78. The molecule has 2 rings (SSSR count). The second-order valence-electron chi connectivity index (χ2n) is 8.39. The number of carbonyl (C=O) groups excluding carboxylic acids is 2. The van der Waals surface area contributed by atoms with E-state index in [1.807, 2.05) is 38.1 Å². The summed E-state index contributed by atoms with van der Waals surface area (Å²) >= 11 is 6.03. The van der Waals surface area contributed by atoms with Gasteiger partial charge in [-0.15, -0.1) is 0 Å². The Labute approximate surface area is 208 Å². The molecule has 2 aromatic carbocycles. The van der Waals surface area contributed by atoms with Crippen molar-refractivity contribution in [2.75, 3.05) is 23.7 Å². The van der Waals surface area contributed by atoms with Crippen molar-refractivity contribution in [1.29, 1.82) is 0 Å². The summed E-state index contributed by atoms with van der Waals surface area (Å²) in [5.41, 5.74) is 2.48. The first kappa shape index (κ1) is 27.7. The van der Waals surface area contributed by atoms with Gasteiger partial charge < -0.3 is 10.2 Å². The molecule has 0 fully saturated rings. The smallest absolute Gasteiger partial charge is 0.242 e. The Morgan fingerprint density at radius 3 is 2.38 bits per heavy atom. The lowest BCUT2D eigenvalue weighted by atomic mass is 10.1. The molecule has 0 bridgehead atoms. The van der Waals surface area contributed by atoms with Gasteiger partial charge in [-0.2, -0.15) is 0 Å². The van der Waals surface area contributed by atoms with Gasteiger partial charge in [0.05, 0.1) is 11.9 Å². The predicted molar refractivity (Wildman–Crippen MR) is 137 cm³/mol. The molecule has 0 saturated carbocycles. The average molecular weight is 508 g/mol. The van der Waals surface area contributed by atoms with Crippen LogP contribution in [-0.4, -0.2) is 50.5 Å². The highest BCUT2D eigenvalue weighted by atomic mass is 35.5. The fraction of sp³-hybridized carbons (Fsp3) is 0.440. The number of rotatable bonds is 12. The minimum atomic E-state index is -3.56. The number of amides is 2. The summed E-state index contributed by atoms with van der Waals surface area (Å²) in [6, 6.07) is 13.8. The van der Waals surface area contributed by atoms with Gasteiger partial charge in [0.15, 0.2) is 0 Å². The van der Waals surface area contributed by atoms with Crippen molar-refractivity contribution in [3.05, 3.63) is 64.7 Å². The molecule has 0 aromatic heterocycles. The van der Waals surface area contributed by atoms with E-state index in [1.165, 1.54) is 4.31 Å². The Bertz CT molecular complexity index is 1070. The van der Waals surface area contributed by atoms with Crippen molar-refractivity contribution < 1.29 is 18.0 Å². The monoisotopic (exact) mass is 507 g/mol. The van der Waals surface area contributed by atoms with Crippen LogP contribution >= 0.6 is 11.6 Å². The number of carbonyl (C=O) groups is 2. The quantitative estimate of drug-likeness (QED) is 0.467. The van der Waals surface area contributed by atoms with Crippen LogP contribution in [0.5, 0.6) is 0 Å². The number of benzene rings is 2. The predicted octanol–water partition coefficient (Wildman–Crippen LogP) is 4.14. The topological polar surface area (TPSA) is 86.8 Å². The fourth-order valence-electron chi connectivity index (χ4n) is 3.50. The van der Waals surface area contributed by atoms with E-state index in [1.54, 1.807) is 36.1 Å². The molecule has 1 atom stereocenters. The molecule has 9 heteroatoms. The lowest BCUT2D eigenvalue weighted by Crippen LogP contribution is -2.47. The number of nitrogens with one attached hydrogen (secondary N) is 1. The van der Waals surface area contributed by atoms with Gasteiger partial charge in [0.2, 0.25) is 21.8 Å². The minimum absolute atomic E-state index is 0.101. The summed E-state index contributed by atoms with van der Waals surface area (Å²) in [4.78, 5) is 27.4. The van der Waals surface area contributed by atoms with Gasteiger partial charge in [-0.05, 0) is 50.5 Å². The molecule has 0 unspecified atom stereocenters. The summed E-state index contributed by atoms with van der Waals surface area (Å²) in [5.74, 6) is -0.418. The fourth-order valence-corrected chi connectivity index (χ4v) is 4.65. The maximum atomic E-state index is 13.2. The Balaban J connectivity index is 2.14. The van der Waals surface area contributed by atoms with Gasteiger partial charge in [-0.3, -0.25) is 13.9 Å². The van der Waals surface area contributed by atoms with Gasteiger partial charge in [0, 0.05) is 31.1 Å². The van der Waals surface area contributed by atoms with E-state index in [4.69, 9.17) is 11.6 Å². The van der Waals surface area contributed by atoms with E-state index in [0.717, 1.165) is 23.8 Å². The minimum Gasteiger partial charge on any atom is -0.354 e. The van der Waals surface area contributed by atoms with Crippen LogP contribution < -0.4 is 9.62 Å². The molecule has 0 aliphatic rings. The highest BCUT2D eigenvalue weighted by molar-refractivity contribution is 7.92. The number of sulfonamides is 1. The summed E-state index contributed by atoms with van der Waals surface area (Å²) in [6.07, 6.45) is 2.32. The number of halogens is 1. The highest BCUT2D eigenvalue weighted by Gasteiger charge is 2.26. The third-order valence-corrected chi connectivity index (χ3v) is 6.87. The van der Waals surface area contributed by atoms with Crippen molar-refractivity contribution >= 4 is 39.1 Å². The van der Waals surface area contributed by atoms with Crippen LogP contribution in [-0.2, 0) is 26.2 Å². The van der Waals surface area contributed by atoms with Crippen LogP contribution in [0.25, 0.3) is 0 Å². The summed E-state index contributed by atoms with van der Waals surface area (Å²) in [7, 11) is -3.56. The van der Waals surface area contributed by atoms with Gasteiger partial charge in [0.1, 0.15) is 6.04 Å². The molecule has 0 heterocycles. The van der Waals surface area contributed by atoms with Gasteiger partial charge in [0.25, 0.3) is 0 Å². The number of hydrogen-bond acceptors (Lipinski definition) is 4. The molecule has 0 aliphatic heterocycles. The van der Waals surface area contributed by atoms with Crippen molar-refractivity contribution in [3.8, 4) is 0 Å². The second kappa shape index (κ2) is 12.8. The van der Waals surface area contributed by atoms with E-state index in [0.29, 0.717) is 30.2 Å². The largest absolute Gasteiger partial charge is 0.354 e. The van der Waals surface area contributed by atoms with Crippen LogP contribution in [0.4, 0.5) is 5.69 Å². The molecule has 186 valence electrons. The van der Waals surface area contributed by atoms with Gasteiger partial charge in [-0.1, -0.05) is 54.4 Å². The Morgan fingerprint density at radius 1 is 1.12 bits per heavy atom. The molecule has 0 radical (unpaired) electrons. The van der Waals surface area contributed by atoms with E-state index in [2.05, 4.69) is 5.32 Å². The SMILES string of the molecule is CCCNC(=O)[C@H](C)N(Cc1ccc(C)cc1)C(=O)CCCN(c1cccc(Cl)c1)S(C)(=O)=O. The van der Waals surface area contributed by atoms with Crippen LogP contribution in [0.15, 0.2) is 48.5 Å². The van der Waals surface area contributed by atoms with Crippen LogP contribution in [0, 0.1) is 6.92 Å².